The lowest BCUT2D eigenvalue weighted by atomic mass is 10.3. The molecule has 1 rings (SSSR count). The summed E-state index contributed by atoms with van der Waals surface area (Å²) in [6.45, 7) is 2.15. The normalized spacial score (nSPS) is 11.8. The molecule has 0 aliphatic rings. The van der Waals surface area contributed by atoms with Crippen LogP contribution < -0.4 is 0 Å². The minimum absolute atomic E-state index is 1.05. The van der Waals surface area contributed by atoms with Gasteiger partial charge in [0.05, 0.1) is 0 Å². The molecule has 64 valence electrons. The Hall–Kier alpha value is -0.820. The van der Waals surface area contributed by atoms with Crippen molar-refractivity contribution in [3.8, 4) is 0 Å². The van der Waals surface area contributed by atoms with E-state index in [-0.39, 0.29) is 0 Å². The summed E-state index contributed by atoms with van der Waals surface area (Å²) >= 11 is 1.78. The molecule has 1 aromatic rings. The van der Waals surface area contributed by atoms with Crippen LogP contribution in [0.1, 0.15) is 24.6 Å². The number of thiophene rings is 1. The molecule has 1 heterocycles. The van der Waals surface area contributed by atoms with Crippen LogP contribution >= 0.6 is 11.3 Å². The maximum atomic E-state index is 2.20. The highest BCUT2D eigenvalue weighted by Gasteiger charge is 1.82. The van der Waals surface area contributed by atoms with Crippen molar-refractivity contribution in [1.29, 1.82) is 0 Å². The third-order valence-corrected chi connectivity index (χ3v) is 2.34. The Kier molecular flexibility index (Phi) is 4.47. The minimum atomic E-state index is 1.05. The second-order valence-corrected chi connectivity index (χ2v) is 3.51. The summed E-state index contributed by atoms with van der Waals surface area (Å²) in [6.07, 6.45) is 10.9. The Balaban J connectivity index is 2.27. The van der Waals surface area contributed by atoms with E-state index in [4.69, 9.17) is 0 Å². The van der Waals surface area contributed by atoms with Crippen molar-refractivity contribution in [2.24, 2.45) is 0 Å². The predicted molar refractivity (Wildman–Crippen MR) is 57.4 cm³/mol. The van der Waals surface area contributed by atoms with Crippen LogP contribution in [0.15, 0.2) is 35.7 Å². The molecule has 0 saturated carbocycles. The number of hydrogen-bond acceptors (Lipinski definition) is 1. The molecule has 0 atom stereocenters. The summed E-state index contributed by atoms with van der Waals surface area (Å²) in [7, 11) is 0. The van der Waals surface area contributed by atoms with Crippen molar-refractivity contribution in [2.75, 3.05) is 0 Å². The van der Waals surface area contributed by atoms with Crippen LogP contribution in [0, 0.1) is 0 Å². The van der Waals surface area contributed by atoms with Gasteiger partial charge < -0.3 is 0 Å². The summed E-state index contributed by atoms with van der Waals surface area (Å²) in [5, 5.41) is 2.10. The summed E-state index contributed by atoms with van der Waals surface area (Å²) in [5.74, 6) is 0. The average molecular weight is 178 g/mol. The fourth-order valence-electron chi connectivity index (χ4n) is 0.912. The van der Waals surface area contributed by atoms with Crippen molar-refractivity contribution in [2.45, 2.75) is 19.8 Å². The molecular formula is C11H14S. The van der Waals surface area contributed by atoms with Gasteiger partial charge in [-0.15, -0.1) is 11.3 Å². The van der Waals surface area contributed by atoms with Gasteiger partial charge in [0.2, 0.25) is 0 Å². The van der Waals surface area contributed by atoms with Crippen LogP contribution in [0.2, 0.25) is 0 Å². The second kappa shape index (κ2) is 5.78. The highest BCUT2D eigenvalue weighted by Crippen LogP contribution is 2.10. The van der Waals surface area contributed by atoms with Crippen molar-refractivity contribution < 1.29 is 0 Å². The van der Waals surface area contributed by atoms with Gasteiger partial charge in [-0.2, -0.15) is 0 Å². The SMILES string of the molecule is CC/C=C/C/C=C\c1cccs1. The van der Waals surface area contributed by atoms with E-state index in [1.807, 2.05) is 0 Å². The molecule has 1 aromatic heterocycles. The molecule has 0 aliphatic carbocycles. The van der Waals surface area contributed by atoms with Gasteiger partial charge in [0.15, 0.2) is 0 Å². The zero-order valence-electron chi connectivity index (χ0n) is 7.36. The van der Waals surface area contributed by atoms with E-state index in [0.29, 0.717) is 0 Å². The highest BCUT2D eigenvalue weighted by atomic mass is 32.1. The van der Waals surface area contributed by atoms with E-state index < -0.39 is 0 Å². The number of allylic oxidation sites excluding steroid dienone is 3. The first-order valence-electron chi connectivity index (χ1n) is 4.28. The number of rotatable bonds is 4. The molecule has 0 nitrogen and oxygen atoms in total. The first-order chi connectivity index (χ1) is 5.93. The van der Waals surface area contributed by atoms with Crippen molar-refractivity contribution in [3.63, 3.8) is 0 Å². The van der Waals surface area contributed by atoms with Crippen molar-refractivity contribution >= 4 is 17.4 Å². The molecule has 0 N–H and O–H groups in total. The fourth-order valence-corrected chi connectivity index (χ4v) is 1.56. The summed E-state index contributed by atoms with van der Waals surface area (Å²) in [4.78, 5) is 1.33. The lowest BCUT2D eigenvalue weighted by Gasteiger charge is -1.82. The van der Waals surface area contributed by atoms with Crippen LogP contribution in [0.5, 0.6) is 0 Å². The van der Waals surface area contributed by atoms with E-state index in [1.165, 1.54) is 4.88 Å². The van der Waals surface area contributed by atoms with Crippen LogP contribution in [-0.2, 0) is 0 Å². The molecule has 0 fully saturated rings. The highest BCUT2D eigenvalue weighted by molar-refractivity contribution is 7.10. The zero-order valence-corrected chi connectivity index (χ0v) is 8.18. The summed E-state index contributed by atoms with van der Waals surface area (Å²) < 4.78 is 0. The zero-order chi connectivity index (χ0) is 8.65. The Morgan fingerprint density at radius 2 is 2.25 bits per heavy atom. The molecular weight excluding hydrogens is 164 g/mol. The van der Waals surface area contributed by atoms with Gasteiger partial charge in [0.1, 0.15) is 0 Å². The second-order valence-electron chi connectivity index (χ2n) is 2.53. The molecule has 0 amide bonds. The molecule has 0 aromatic carbocycles. The molecule has 0 radical (unpaired) electrons. The summed E-state index contributed by atoms with van der Waals surface area (Å²) in [5.41, 5.74) is 0. The minimum Gasteiger partial charge on any atom is -0.144 e. The van der Waals surface area contributed by atoms with Gasteiger partial charge in [0, 0.05) is 4.88 Å². The third-order valence-electron chi connectivity index (χ3n) is 1.50. The van der Waals surface area contributed by atoms with Crippen LogP contribution in [0.25, 0.3) is 6.08 Å². The molecule has 0 saturated heterocycles. The van der Waals surface area contributed by atoms with Crippen molar-refractivity contribution in [1.82, 2.24) is 0 Å². The van der Waals surface area contributed by atoms with Gasteiger partial charge >= 0.3 is 0 Å². The maximum absolute atomic E-state index is 2.20. The molecule has 0 unspecified atom stereocenters. The van der Waals surface area contributed by atoms with Crippen LogP contribution in [-0.4, -0.2) is 0 Å². The van der Waals surface area contributed by atoms with E-state index in [0.717, 1.165) is 12.8 Å². The monoisotopic (exact) mass is 178 g/mol. The van der Waals surface area contributed by atoms with E-state index >= 15 is 0 Å². The Bertz CT molecular complexity index is 242. The molecule has 12 heavy (non-hydrogen) atoms. The smallest absolute Gasteiger partial charge is 0.0267 e. The first kappa shape index (κ1) is 9.27. The van der Waals surface area contributed by atoms with E-state index in [9.17, 15) is 0 Å². The van der Waals surface area contributed by atoms with E-state index in [1.54, 1.807) is 11.3 Å². The van der Waals surface area contributed by atoms with Crippen molar-refractivity contribution in [3.05, 3.63) is 40.6 Å². The van der Waals surface area contributed by atoms with Gasteiger partial charge in [-0.05, 0) is 30.4 Å². The molecule has 0 spiro atoms. The predicted octanol–water partition coefficient (Wildman–Crippen LogP) is 4.12. The standard InChI is InChI=1S/C11H14S/c1-2-3-4-5-6-8-11-9-7-10-12-11/h3-4,6-10H,2,5H2,1H3/b4-3+,8-6-. The van der Waals surface area contributed by atoms with Gasteiger partial charge in [-0.3, -0.25) is 0 Å². The first-order valence-corrected chi connectivity index (χ1v) is 5.16. The van der Waals surface area contributed by atoms with E-state index in [2.05, 4.69) is 48.7 Å². The quantitative estimate of drug-likeness (QED) is 0.608. The van der Waals surface area contributed by atoms with Gasteiger partial charge in [-0.25, -0.2) is 0 Å². The fraction of sp³-hybridized carbons (Fsp3) is 0.273. The summed E-state index contributed by atoms with van der Waals surface area (Å²) in [6, 6.07) is 4.21. The Morgan fingerprint density at radius 3 is 2.92 bits per heavy atom. The average Bonchev–Trinajstić information content (AvgIpc) is 2.57. The van der Waals surface area contributed by atoms with Gasteiger partial charge in [0.25, 0.3) is 0 Å². The third kappa shape index (κ3) is 3.54. The van der Waals surface area contributed by atoms with Gasteiger partial charge in [-0.1, -0.05) is 31.2 Å². The van der Waals surface area contributed by atoms with Crippen LogP contribution in [0.4, 0.5) is 0 Å². The topological polar surface area (TPSA) is 0 Å². The maximum Gasteiger partial charge on any atom is 0.0267 e. The lowest BCUT2D eigenvalue weighted by Crippen LogP contribution is -1.59. The Morgan fingerprint density at radius 1 is 1.33 bits per heavy atom. The van der Waals surface area contributed by atoms with Crippen LogP contribution in [0.3, 0.4) is 0 Å². The largest absolute Gasteiger partial charge is 0.144 e. The lowest BCUT2D eigenvalue weighted by molar-refractivity contribution is 1.20. The molecule has 0 aliphatic heterocycles. The number of hydrogen-bond donors (Lipinski definition) is 0. The molecule has 1 heteroatoms. The molecule has 0 bridgehead atoms. The Labute approximate surface area is 78.2 Å².